The highest BCUT2D eigenvalue weighted by atomic mass is 16.7. The van der Waals surface area contributed by atoms with Crippen molar-refractivity contribution < 1.29 is 28.5 Å². The quantitative estimate of drug-likeness (QED) is 0.355. The summed E-state index contributed by atoms with van der Waals surface area (Å²) in [7, 11) is 1.60. The van der Waals surface area contributed by atoms with Crippen molar-refractivity contribution in [3.05, 3.63) is 12.2 Å². The normalized spacial score (nSPS) is 28.2. The van der Waals surface area contributed by atoms with Gasteiger partial charge in [-0.05, 0) is 24.8 Å². The zero-order chi connectivity index (χ0) is 18.1. The summed E-state index contributed by atoms with van der Waals surface area (Å²) in [5.74, 6) is -0.403. The van der Waals surface area contributed by atoms with Gasteiger partial charge in [0.2, 0.25) is 0 Å². The van der Waals surface area contributed by atoms with Gasteiger partial charge >= 0.3 is 5.97 Å². The van der Waals surface area contributed by atoms with Crippen LogP contribution in [0.1, 0.15) is 32.1 Å². The summed E-state index contributed by atoms with van der Waals surface area (Å²) in [5.41, 5.74) is -0.540. The average molecular weight is 351 g/mol. The van der Waals surface area contributed by atoms with Gasteiger partial charge in [0.25, 0.3) is 0 Å². The molecule has 0 amide bonds. The lowest BCUT2D eigenvalue weighted by Gasteiger charge is -2.48. The fourth-order valence-corrected chi connectivity index (χ4v) is 3.59. The molecule has 1 saturated carbocycles. The Balaban J connectivity index is 2.06. The Labute approximate surface area is 147 Å². The highest BCUT2D eigenvalue weighted by molar-refractivity contribution is 5.91. The van der Waals surface area contributed by atoms with Crippen molar-refractivity contribution in [3.8, 4) is 6.07 Å². The van der Waals surface area contributed by atoms with Crippen LogP contribution in [0.3, 0.4) is 0 Å². The number of carbonyl (C=O) groups is 2. The van der Waals surface area contributed by atoms with Gasteiger partial charge < -0.3 is 18.9 Å². The van der Waals surface area contributed by atoms with Crippen molar-refractivity contribution in [2.24, 2.45) is 11.3 Å². The van der Waals surface area contributed by atoms with E-state index < -0.39 is 11.4 Å². The Morgan fingerprint density at radius 2 is 2.24 bits per heavy atom. The molecule has 138 valence electrons. The number of esters is 1. The van der Waals surface area contributed by atoms with Crippen LogP contribution in [-0.4, -0.2) is 51.6 Å². The van der Waals surface area contributed by atoms with E-state index in [0.29, 0.717) is 19.6 Å². The van der Waals surface area contributed by atoms with Crippen LogP contribution in [0.5, 0.6) is 0 Å². The minimum Gasteiger partial charge on any atom is -0.464 e. The van der Waals surface area contributed by atoms with Crippen LogP contribution >= 0.6 is 0 Å². The third-order valence-corrected chi connectivity index (χ3v) is 4.90. The molecule has 0 aliphatic heterocycles. The van der Waals surface area contributed by atoms with Gasteiger partial charge in [0.05, 0.1) is 30.8 Å². The van der Waals surface area contributed by atoms with Crippen molar-refractivity contribution >= 4 is 11.8 Å². The molecule has 0 aromatic heterocycles. The van der Waals surface area contributed by atoms with Crippen LogP contribution in [0.15, 0.2) is 12.2 Å². The SMILES string of the molecule is COCCOCO[C@@H]1CCC[C@@H]2CC(=O)C=C[C@]21COC(=O)CC#N. The number of methoxy groups -OCH3 is 1. The number of rotatable bonds is 9. The van der Waals surface area contributed by atoms with E-state index in [-0.39, 0.29) is 37.6 Å². The third-order valence-electron chi connectivity index (χ3n) is 4.90. The number of hydrogen-bond donors (Lipinski definition) is 0. The molecule has 0 N–H and O–H groups in total. The van der Waals surface area contributed by atoms with Crippen LogP contribution < -0.4 is 0 Å². The largest absolute Gasteiger partial charge is 0.464 e. The van der Waals surface area contributed by atoms with Gasteiger partial charge in [-0.3, -0.25) is 9.59 Å². The predicted octanol–water partition coefficient (Wildman–Crippen LogP) is 1.76. The third kappa shape index (κ3) is 5.11. The fourth-order valence-electron chi connectivity index (χ4n) is 3.59. The minimum absolute atomic E-state index is 0.0672. The average Bonchev–Trinajstić information content (AvgIpc) is 2.60. The van der Waals surface area contributed by atoms with Crippen molar-refractivity contribution in [3.63, 3.8) is 0 Å². The maximum Gasteiger partial charge on any atom is 0.320 e. The van der Waals surface area contributed by atoms with Gasteiger partial charge in [0.1, 0.15) is 19.8 Å². The summed E-state index contributed by atoms with van der Waals surface area (Å²) >= 11 is 0. The van der Waals surface area contributed by atoms with Crippen LogP contribution in [0, 0.1) is 22.7 Å². The molecule has 1 fully saturated rings. The molecule has 0 aromatic rings. The molecule has 0 spiro atoms. The van der Waals surface area contributed by atoms with Crippen LogP contribution in [-0.2, 0) is 28.5 Å². The van der Waals surface area contributed by atoms with Crippen LogP contribution in [0.4, 0.5) is 0 Å². The molecule has 2 aliphatic carbocycles. The fraction of sp³-hybridized carbons (Fsp3) is 0.722. The lowest BCUT2D eigenvalue weighted by molar-refractivity contribution is -0.174. The van der Waals surface area contributed by atoms with Gasteiger partial charge in [-0.25, -0.2) is 0 Å². The monoisotopic (exact) mass is 351 g/mol. The van der Waals surface area contributed by atoms with E-state index in [4.69, 9.17) is 24.2 Å². The molecule has 7 heteroatoms. The second-order valence-electron chi connectivity index (χ2n) is 6.41. The molecule has 2 aliphatic rings. The number of nitrogens with zero attached hydrogens (tertiary/aromatic N) is 1. The Kier molecular flexibility index (Phi) is 7.56. The first-order chi connectivity index (χ1) is 12.1. The summed E-state index contributed by atoms with van der Waals surface area (Å²) in [4.78, 5) is 23.5. The van der Waals surface area contributed by atoms with E-state index in [1.54, 1.807) is 19.3 Å². The molecular weight excluding hydrogens is 326 g/mol. The zero-order valence-electron chi connectivity index (χ0n) is 14.6. The van der Waals surface area contributed by atoms with Crippen LogP contribution in [0.2, 0.25) is 0 Å². The van der Waals surface area contributed by atoms with E-state index >= 15 is 0 Å². The van der Waals surface area contributed by atoms with Crippen molar-refractivity contribution in [1.29, 1.82) is 5.26 Å². The number of ether oxygens (including phenoxy) is 4. The van der Waals surface area contributed by atoms with E-state index in [0.717, 1.165) is 19.3 Å². The zero-order valence-corrected chi connectivity index (χ0v) is 14.6. The molecule has 2 rings (SSSR count). The van der Waals surface area contributed by atoms with Gasteiger partial charge in [0, 0.05) is 13.5 Å². The Bertz CT molecular complexity index is 540. The maximum absolute atomic E-state index is 11.8. The highest BCUT2D eigenvalue weighted by Crippen LogP contribution is 2.48. The summed E-state index contributed by atoms with van der Waals surface area (Å²) in [6.07, 6.45) is 5.97. The first kappa shape index (κ1) is 19.6. The topological polar surface area (TPSA) is 94.8 Å². The second-order valence-corrected chi connectivity index (χ2v) is 6.41. The number of carbonyl (C=O) groups excluding carboxylic acids is 2. The van der Waals surface area contributed by atoms with Gasteiger partial charge in [0.15, 0.2) is 5.78 Å². The molecule has 0 saturated heterocycles. The van der Waals surface area contributed by atoms with E-state index in [1.165, 1.54) is 0 Å². The first-order valence-electron chi connectivity index (χ1n) is 8.55. The second kappa shape index (κ2) is 9.66. The Morgan fingerprint density at radius 1 is 1.40 bits per heavy atom. The summed E-state index contributed by atoms with van der Waals surface area (Å²) in [6.45, 7) is 1.16. The van der Waals surface area contributed by atoms with E-state index in [2.05, 4.69) is 0 Å². The van der Waals surface area contributed by atoms with Crippen molar-refractivity contribution in [2.45, 2.75) is 38.2 Å². The molecular formula is C18H25NO6. The molecule has 0 heterocycles. The smallest absolute Gasteiger partial charge is 0.320 e. The summed E-state index contributed by atoms with van der Waals surface area (Å²) in [6, 6.07) is 1.79. The lowest BCUT2D eigenvalue weighted by Crippen LogP contribution is -2.51. The molecule has 0 unspecified atom stereocenters. The Hall–Kier alpha value is -1.75. The number of fused-ring (bicyclic) bond motifs is 1. The number of hydrogen-bond acceptors (Lipinski definition) is 7. The van der Waals surface area contributed by atoms with Gasteiger partial charge in [-0.15, -0.1) is 0 Å². The number of nitriles is 1. The molecule has 25 heavy (non-hydrogen) atoms. The maximum atomic E-state index is 11.8. The first-order valence-corrected chi connectivity index (χ1v) is 8.55. The number of ketones is 1. The predicted molar refractivity (Wildman–Crippen MR) is 87.3 cm³/mol. The molecule has 7 nitrogen and oxygen atoms in total. The van der Waals surface area contributed by atoms with E-state index in [9.17, 15) is 9.59 Å². The van der Waals surface area contributed by atoms with Gasteiger partial charge in [-0.2, -0.15) is 5.26 Å². The molecule has 3 atom stereocenters. The standard InChI is InChI=1S/C18H25NO6/c1-22-9-10-23-13-25-16-4-2-3-14-11-15(20)5-7-18(14,16)12-24-17(21)6-8-19/h5,7,14,16H,2-4,6,9-13H2,1H3/t14-,16-,18+/m1/s1. The molecule has 0 aromatic carbocycles. The van der Waals surface area contributed by atoms with Crippen molar-refractivity contribution in [2.75, 3.05) is 33.7 Å². The minimum atomic E-state index is -0.554. The number of allylic oxidation sites excluding steroid dienone is 1. The van der Waals surface area contributed by atoms with Crippen molar-refractivity contribution in [1.82, 2.24) is 0 Å². The summed E-state index contributed by atoms with van der Waals surface area (Å²) in [5, 5.41) is 8.62. The lowest BCUT2D eigenvalue weighted by atomic mass is 9.61. The molecule has 0 radical (unpaired) electrons. The highest BCUT2D eigenvalue weighted by Gasteiger charge is 2.49. The molecule has 0 bridgehead atoms. The Morgan fingerprint density at radius 3 is 3.00 bits per heavy atom. The van der Waals surface area contributed by atoms with Gasteiger partial charge in [-0.1, -0.05) is 12.5 Å². The van der Waals surface area contributed by atoms with E-state index in [1.807, 2.05) is 6.08 Å². The summed E-state index contributed by atoms with van der Waals surface area (Å²) < 4.78 is 21.6. The van der Waals surface area contributed by atoms with Crippen LogP contribution in [0.25, 0.3) is 0 Å².